The van der Waals surface area contributed by atoms with Crippen LogP contribution in [0.1, 0.15) is 51.8 Å². The maximum Gasteiger partial charge on any atom is 0.176 e. The van der Waals surface area contributed by atoms with E-state index in [1.807, 2.05) is 0 Å². The van der Waals surface area contributed by atoms with E-state index in [0.29, 0.717) is 0 Å². The zero-order valence-corrected chi connectivity index (χ0v) is 12.9. The molecule has 1 heterocycles. The second kappa shape index (κ2) is 7.13. The van der Waals surface area contributed by atoms with Crippen LogP contribution in [0.2, 0.25) is 0 Å². The number of ether oxygens (including phenoxy) is 1. The van der Waals surface area contributed by atoms with E-state index in [2.05, 4.69) is 34.6 Å². The first-order chi connectivity index (χ1) is 9.70. The molecular formula is C14H27N5O. The second-order valence-corrected chi connectivity index (χ2v) is 5.57. The lowest BCUT2D eigenvalue weighted by Crippen LogP contribution is -2.55. The molecular weight excluding hydrogens is 254 g/mol. The molecule has 1 aromatic heterocycles. The topological polar surface area (TPSA) is 64.9 Å². The third-order valence-corrected chi connectivity index (χ3v) is 4.15. The van der Waals surface area contributed by atoms with Gasteiger partial charge in [-0.05, 0) is 31.5 Å². The van der Waals surface area contributed by atoms with Crippen LogP contribution in [0.3, 0.4) is 0 Å². The van der Waals surface area contributed by atoms with E-state index >= 15 is 0 Å². The Balaban J connectivity index is 2.14. The summed E-state index contributed by atoms with van der Waals surface area (Å²) >= 11 is 0. The molecule has 114 valence electrons. The van der Waals surface area contributed by atoms with Gasteiger partial charge in [0, 0.05) is 19.1 Å². The standard InChI is InChI=1S/C14H27N5O/c1-4-15-12(11-13-16-18-19(3)17-13)14(20-5-2)9-7-6-8-10-14/h12,15H,4-11H2,1-3H3. The van der Waals surface area contributed by atoms with Gasteiger partial charge >= 0.3 is 0 Å². The average Bonchev–Trinajstić information content (AvgIpc) is 2.85. The van der Waals surface area contributed by atoms with Gasteiger partial charge in [-0.1, -0.05) is 26.2 Å². The van der Waals surface area contributed by atoms with Crippen molar-refractivity contribution in [3.63, 3.8) is 0 Å². The van der Waals surface area contributed by atoms with E-state index in [4.69, 9.17) is 4.74 Å². The molecule has 1 unspecified atom stereocenters. The number of rotatable bonds is 7. The van der Waals surface area contributed by atoms with Crippen molar-refractivity contribution >= 4 is 0 Å². The highest BCUT2D eigenvalue weighted by Crippen LogP contribution is 2.35. The Morgan fingerprint density at radius 1 is 1.30 bits per heavy atom. The summed E-state index contributed by atoms with van der Waals surface area (Å²) in [5.41, 5.74) is -0.0673. The van der Waals surface area contributed by atoms with E-state index in [9.17, 15) is 0 Å². The number of aryl methyl sites for hydroxylation is 1. The Morgan fingerprint density at radius 2 is 2.05 bits per heavy atom. The van der Waals surface area contributed by atoms with E-state index in [1.165, 1.54) is 24.1 Å². The normalized spacial score (nSPS) is 19.9. The predicted molar refractivity (Wildman–Crippen MR) is 77.4 cm³/mol. The largest absolute Gasteiger partial charge is 0.374 e. The molecule has 0 amide bonds. The number of hydrogen-bond acceptors (Lipinski definition) is 5. The molecule has 0 aliphatic heterocycles. The number of nitrogens with zero attached hydrogens (tertiary/aromatic N) is 4. The number of aromatic nitrogens is 4. The summed E-state index contributed by atoms with van der Waals surface area (Å²) in [5.74, 6) is 0.795. The maximum atomic E-state index is 6.22. The van der Waals surface area contributed by atoms with Crippen LogP contribution in [-0.4, -0.2) is 45.0 Å². The van der Waals surface area contributed by atoms with Gasteiger partial charge in [-0.15, -0.1) is 10.2 Å². The molecule has 0 aromatic carbocycles. The highest BCUT2D eigenvalue weighted by molar-refractivity contribution is 5.00. The highest BCUT2D eigenvalue weighted by atomic mass is 16.5. The smallest absolute Gasteiger partial charge is 0.176 e. The van der Waals surface area contributed by atoms with Crippen molar-refractivity contribution in [3.8, 4) is 0 Å². The van der Waals surface area contributed by atoms with E-state index < -0.39 is 0 Å². The quantitative estimate of drug-likeness (QED) is 0.820. The molecule has 0 spiro atoms. The summed E-state index contributed by atoms with van der Waals surface area (Å²) < 4.78 is 6.22. The van der Waals surface area contributed by atoms with Crippen LogP contribution < -0.4 is 5.32 Å². The van der Waals surface area contributed by atoms with Gasteiger partial charge in [0.2, 0.25) is 0 Å². The van der Waals surface area contributed by atoms with Crippen molar-refractivity contribution in [2.75, 3.05) is 13.2 Å². The first kappa shape index (κ1) is 15.4. The number of likely N-dealkylation sites (N-methyl/N-ethyl adjacent to an activating group) is 1. The molecule has 20 heavy (non-hydrogen) atoms. The second-order valence-electron chi connectivity index (χ2n) is 5.57. The molecule has 1 aliphatic carbocycles. The van der Waals surface area contributed by atoms with Gasteiger partial charge < -0.3 is 10.1 Å². The Morgan fingerprint density at radius 3 is 2.60 bits per heavy atom. The molecule has 1 aliphatic rings. The third-order valence-electron chi connectivity index (χ3n) is 4.15. The molecule has 0 bridgehead atoms. The summed E-state index contributed by atoms with van der Waals surface area (Å²) in [6.07, 6.45) is 6.84. The lowest BCUT2D eigenvalue weighted by Gasteiger charge is -2.43. The SMILES string of the molecule is CCNC(Cc1nnn(C)n1)C1(OCC)CCCCC1. The monoisotopic (exact) mass is 281 g/mol. The van der Waals surface area contributed by atoms with Gasteiger partial charge in [0.15, 0.2) is 5.82 Å². The molecule has 1 saturated carbocycles. The van der Waals surface area contributed by atoms with E-state index in [-0.39, 0.29) is 11.6 Å². The molecule has 1 atom stereocenters. The van der Waals surface area contributed by atoms with Crippen LogP contribution in [-0.2, 0) is 18.2 Å². The van der Waals surface area contributed by atoms with Crippen LogP contribution >= 0.6 is 0 Å². The zero-order chi connectivity index (χ0) is 14.4. The molecule has 6 heteroatoms. The minimum absolute atomic E-state index is 0.0673. The Hall–Kier alpha value is -1.01. The summed E-state index contributed by atoms with van der Waals surface area (Å²) in [7, 11) is 1.80. The third kappa shape index (κ3) is 3.55. The summed E-state index contributed by atoms with van der Waals surface area (Å²) in [6, 6.07) is 0.261. The van der Waals surface area contributed by atoms with Crippen LogP contribution in [0.25, 0.3) is 0 Å². The molecule has 6 nitrogen and oxygen atoms in total. The van der Waals surface area contributed by atoms with Crippen LogP contribution in [0, 0.1) is 0 Å². The summed E-state index contributed by atoms with van der Waals surface area (Å²) in [4.78, 5) is 1.52. The van der Waals surface area contributed by atoms with Gasteiger partial charge in [-0.3, -0.25) is 0 Å². The summed E-state index contributed by atoms with van der Waals surface area (Å²) in [6.45, 7) is 5.91. The van der Waals surface area contributed by atoms with Crippen molar-refractivity contribution in [3.05, 3.63) is 5.82 Å². The lowest BCUT2D eigenvalue weighted by molar-refractivity contribution is -0.0898. The fourth-order valence-corrected chi connectivity index (χ4v) is 3.31. The first-order valence-electron chi connectivity index (χ1n) is 7.80. The van der Waals surface area contributed by atoms with Gasteiger partial charge in [0.05, 0.1) is 12.6 Å². The molecule has 1 fully saturated rings. The van der Waals surface area contributed by atoms with Gasteiger partial charge in [0.1, 0.15) is 0 Å². The van der Waals surface area contributed by atoms with E-state index in [1.54, 1.807) is 7.05 Å². The minimum atomic E-state index is -0.0673. The number of hydrogen-bond donors (Lipinski definition) is 1. The zero-order valence-electron chi connectivity index (χ0n) is 12.9. The average molecular weight is 281 g/mol. The van der Waals surface area contributed by atoms with Gasteiger partial charge in [0.25, 0.3) is 0 Å². The van der Waals surface area contributed by atoms with Crippen LogP contribution in [0.4, 0.5) is 0 Å². The molecule has 0 saturated heterocycles. The predicted octanol–water partition coefficient (Wildman–Crippen LogP) is 1.47. The maximum absolute atomic E-state index is 6.22. The van der Waals surface area contributed by atoms with Crippen molar-refractivity contribution in [2.45, 2.75) is 64.0 Å². The van der Waals surface area contributed by atoms with Gasteiger partial charge in [-0.25, -0.2) is 0 Å². The number of tetrazole rings is 1. The molecule has 2 rings (SSSR count). The fraction of sp³-hybridized carbons (Fsp3) is 0.929. The lowest BCUT2D eigenvalue weighted by atomic mass is 9.77. The molecule has 0 radical (unpaired) electrons. The molecule has 1 N–H and O–H groups in total. The van der Waals surface area contributed by atoms with E-state index in [0.717, 1.165) is 38.2 Å². The van der Waals surface area contributed by atoms with Crippen LogP contribution in [0.5, 0.6) is 0 Å². The van der Waals surface area contributed by atoms with Crippen molar-refractivity contribution in [1.29, 1.82) is 0 Å². The molecule has 1 aromatic rings. The fourth-order valence-electron chi connectivity index (χ4n) is 3.31. The highest BCUT2D eigenvalue weighted by Gasteiger charge is 2.40. The van der Waals surface area contributed by atoms with Crippen molar-refractivity contribution in [2.24, 2.45) is 7.05 Å². The summed E-state index contributed by atoms with van der Waals surface area (Å²) in [5, 5.41) is 16.0. The minimum Gasteiger partial charge on any atom is -0.374 e. The number of nitrogens with one attached hydrogen (secondary N) is 1. The Kier molecular flexibility index (Phi) is 5.48. The van der Waals surface area contributed by atoms with Crippen molar-refractivity contribution < 1.29 is 4.74 Å². The van der Waals surface area contributed by atoms with Crippen molar-refractivity contribution in [1.82, 2.24) is 25.5 Å². The van der Waals surface area contributed by atoms with Gasteiger partial charge in [-0.2, -0.15) is 4.80 Å². The Bertz CT molecular complexity index is 395. The first-order valence-corrected chi connectivity index (χ1v) is 7.80. The Labute approximate surface area is 121 Å². The van der Waals surface area contributed by atoms with Crippen LogP contribution in [0.15, 0.2) is 0 Å².